The molecule has 0 atom stereocenters. The SMILES string of the molecule is C.C.C.C.C.C.C.C.C.C.C.C.C.C.C1N=NN=N1.CC.CC.CC.CC.CC.CC.CC.CC.CC.CC.CC.CC.CC.CC.CC.c1c[nH]cn1.c1cc[nH]c1.c1ccc2[nH]ccc2c1.c1ccncc1.c1ccoc1.c1ccoc1.c1ccsc1.c1cn[nH]c1.c1cnccn1.c1cncnc1.c1cncnc1.c1cnsc1.c1cscn1.c1nc[nH]n1. The molecule has 0 spiro atoms. The molecule has 15 aromatic rings. The summed E-state index contributed by atoms with van der Waals surface area (Å²) in [7, 11) is 0. The Balaban J connectivity index is -0.0000000310. The van der Waals surface area contributed by atoms with Gasteiger partial charge in [0.25, 0.3) is 0 Å². The summed E-state index contributed by atoms with van der Waals surface area (Å²) in [5.74, 6) is 0. The second kappa shape index (κ2) is 259. The third-order valence-corrected chi connectivity index (χ3v) is 9.04. The van der Waals surface area contributed by atoms with Crippen LogP contribution in [0.3, 0.4) is 0 Å². The minimum Gasteiger partial charge on any atom is -0.473 e. The van der Waals surface area contributed by atoms with Gasteiger partial charge in [-0.25, -0.2) is 34.3 Å². The monoisotopic (exact) mass is 1840 g/mol. The van der Waals surface area contributed by atoms with E-state index in [1.54, 1.807) is 171 Å². The van der Waals surface area contributed by atoms with Gasteiger partial charge < -0.3 is 23.8 Å². The summed E-state index contributed by atoms with van der Waals surface area (Å²) >= 11 is 4.78. The van der Waals surface area contributed by atoms with Crippen molar-refractivity contribution in [1.29, 1.82) is 0 Å². The molecule has 1 aliphatic heterocycles. The van der Waals surface area contributed by atoms with Crippen LogP contribution in [0.15, 0.2) is 352 Å². The summed E-state index contributed by atoms with van der Waals surface area (Å²) in [6.45, 7) is 60.4. The molecule has 27 heteroatoms. The molecule has 0 unspecified atom stereocenters. The number of thiazole rings is 1. The third kappa shape index (κ3) is 229. The van der Waals surface area contributed by atoms with Crippen molar-refractivity contribution in [1.82, 2.24) is 89.6 Å². The van der Waals surface area contributed by atoms with E-state index in [0.29, 0.717) is 6.67 Å². The van der Waals surface area contributed by atoms with Gasteiger partial charge in [-0.3, -0.25) is 30.1 Å². The second-order valence-corrected chi connectivity index (χ2v) is 15.5. The number of furan rings is 2. The Kier molecular flexibility index (Phi) is 403. The van der Waals surface area contributed by atoms with E-state index in [-0.39, 0.29) is 104 Å². The van der Waals surface area contributed by atoms with Crippen molar-refractivity contribution in [2.24, 2.45) is 20.7 Å². The van der Waals surface area contributed by atoms with E-state index in [2.05, 4.69) is 137 Å². The molecule has 746 valence electrons. The first kappa shape index (κ1) is 198. The van der Waals surface area contributed by atoms with Crippen LogP contribution in [-0.2, 0) is 0 Å². The van der Waals surface area contributed by atoms with E-state index in [1.165, 1.54) is 47.7 Å². The maximum atomic E-state index is 4.58. The van der Waals surface area contributed by atoms with Gasteiger partial charge in [-0.15, -0.1) is 21.6 Å². The number of nitrogens with one attached hydrogen (secondary N) is 5. The summed E-state index contributed by atoms with van der Waals surface area (Å²) < 4.78 is 12.9. The molecule has 15 heterocycles. The molecule has 1 aliphatic rings. The Labute approximate surface area is 800 Å². The van der Waals surface area contributed by atoms with Crippen LogP contribution in [0.1, 0.15) is 312 Å². The number of rotatable bonds is 0. The zero-order chi connectivity index (χ0) is 88.4. The van der Waals surface area contributed by atoms with Crippen LogP contribution >= 0.6 is 34.2 Å². The Morgan fingerprint density at radius 2 is 0.677 bits per heavy atom. The number of H-pyrrole nitrogens is 5. The Bertz CT molecular complexity index is 2480. The first-order valence-corrected chi connectivity index (χ1v) is 41.7. The van der Waals surface area contributed by atoms with Crippen molar-refractivity contribution in [3.05, 3.63) is 323 Å². The lowest BCUT2D eigenvalue weighted by Crippen LogP contribution is -1.66. The summed E-state index contributed by atoms with van der Waals surface area (Å²) in [5, 5.41) is 34.5. The molecule has 0 amide bonds. The van der Waals surface area contributed by atoms with Crippen molar-refractivity contribution in [2.45, 2.75) is 312 Å². The van der Waals surface area contributed by atoms with Crippen molar-refractivity contribution in [2.75, 3.05) is 6.67 Å². The smallest absolute Gasteiger partial charge is 0.175 e. The van der Waals surface area contributed by atoms with Crippen LogP contribution in [0.2, 0.25) is 0 Å². The number of aromatic amines is 5. The number of aromatic nitrogens is 18. The van der Waals surface area contributed by atoms with E-state index in [4.69, 9.17) is 0 Å². The summed E-state index contributed by atoms with van der Waals surface area (Å²) in [5.41, 5.74) is 3.00. The minimum absolute atomic E-state index is 0. The standard InChI is InChI=1S/C8H7N.C5H5N.3C4H4N2.C4H5N.2C4H4O.C4H4S.2C3H4N2.2C3H3NS.C2H3N3.15C2H6.CH2N4.14CH4/c1-2-4-8-7(3-1)5-6-9-8;1-2-4-6-5-3-1;1-2-6-4-3-5-1;2*1-2-5-4-6-3-1;4*1-2-4-5-3-1;1-2-5-3-4-1;1-2-4-5-3-1;1-2-5-3-4-1;1-2-4-5-3-1;1-3-2-5-4-1;15*1-2;1-2-4-5-3-1;;;;;;;;;;;;;;/h1-6,9H;1-5H;3*1-4H;1-5H;3*1-4H;2*1-3H,(H,4,5);2*1-3H;1-2H,(H,3,4,5);15*1-2H3;1H2;14*1H4. The van der Waals surface area contributed by atoms with Crippen molar-refractivity contribution >= 4 is 45.1 Å². The number of nitrogens with zero attached hydrogens (tertiary/aromatic N) is 17. The van der Waals surface area contributed by atoms with Gasteiger partial charge in [0.15, 0.2) is 6.67 Å². The zero-order valence-electron chi connectivity index (χ0n) is 74.5. The van der Waals surface area contributed by atoms with Crippen LogP contribution in [0, 0.1) is 0 Å². The highest BCUT2D eigenvalue weighted by Crippen LogP contribution is 2.09. The fourth-order valence-electron chi connectivity index (χ4n) is 4.12. The first-order chi connectivity index (χ1) is 56.5. The highest BCUT2D eigenvalue weighted by Gasteiger charge is 1.87. The highest BCUT2D eigenvalue weighted by molar-refractivity contribution is 7.07. The number of hydrogen-bond donors (Lipinski definition) is 5. The van der Waals surface area contributed by atoms with Crippen molar-refractivity contribution in [3.63, 3.8) is 0 Å². The number of para-hydroxylation sites is 1. The zero-order valence-corrected chi connectivity index (χ0v) is 76.9. The fraction of sp³-hybridized carbons (Fsp3) is 0.450. The van der Waals surface area contributed by atoms with Gasteiger partial charge in [0, 0.05) is 134 Å². The first-order valence-electron chi connectivity index (χ1n) is 39.0. The summed E-state index contributed by atoms with van der Waals surface area (Å²) in [6.07, 6.45) is 47.0. The molecule has 14 aromatic heterocycles. The minimum atomic E-state index is 0. The topological polar surface area (TPSA) is 322 Å². The molecule has 16 rings (SSSR count). The molecule has 127 heavy (non-hydrogen) atoms. The molecule has 5 N–H and O–H groups in total. The van der Waals surface area contributed by atoms with Crippen LogP contribution in [-0.4, -0.2) is 96.2 Å². The van der Waals surface area contributed by atoms with Gasteiger partial charge in [-0.2, -0.15) is 21.5 Å². The lowest BCUT2D eigenvalue weighted by Gasteiger charge is -1.83. The van der Waals surface area contributed by atoms with Crippen LogP contribution in [0.25, 0.3) is 10.9 Å². The normalized spacial score (nSPS) is 6.47. The quantitative estimate of drug-likeness (QED) is 0.0942. The molecule has 1 aromatic carbocycles. The van der Waals surface area contributed by atoms with Crippen LogP contribution in [0.5, 0.6) is 0 Å². The summed E-state index contributed by atoms with van der Waals surface area (Å²) in [6, 6.07) is 38.6. The molecule has 0 fully saturated rings. The molecular formula is C100H206N22O2S3. The van der Waals surface area contributed by atoms with E-state index < -0.39 is 0 Å². The predicted octanol–water partition coefficient (Wildman–Crippen LogP) is 38.0. The van der Waals surface area contributed by atoms with E-state index in [9.17, 15) is 0 Å². The Hall–Kier alpha value is -11.3. The maximum Gasteiger partial charge on any atom is 0.175 e. The molecule has 0 bridgehead atoms. The number of pyridine rings is 1. The lowest BCUT2D eigenvalue weighted by molar-refractivity contribution is 0.567. The van der Waals surface area contributed by atoms with Gasteiger partial charge in [-0.05, 0) is 123 Å². The predicted molar refractivity (Wildman–Crippen MR) is 588 cm³/mol. The average molecular weight is 1850 g/mol. The van der Waals surface area contributed by atoms with Crippen molar-refractivity contribution < 1.29 is 8.83 Å². The number of benzene rings is 1. The van der Waals surface area contributed by atoms with Gasteiger partial charge >= 0.3 is 0 Å². The molecule has 0 saturated heterocycles. The van der Waals surface area contributed by atoms with Crippen LogP contribution < -0.4 is 0 Å². The molecule has 0 radical (unpaired) electrons. The van der Waals surface area contributed by atoms with E-state index in [0.717, 1.165) is 0 Å². The van der Waals surface area contributed by atoms with E-state index >= 15 is 0 Å². The van der Waals surface area contributed by atoms with Crippen LogP contribution in [0.4, 0.5) is 0 Å². The van der Waals surface area contributed by atoms with Gasteiger partial charge in [0.05, 0.1) is 36.9 Å². The summed E-state index contributed by atoms with van der Waals surface area (Å²) in [4.78, 5) is 45.6. The fourth-order valence-corrected chi connectivity index (χ4v) is 5.27. The number of imidazole rings is 1. The Morgan fingerprint density at radius 1 is 0.260 bits per heavy atom. The average Bonchev–Trinajstić information content (AvgIpc) is 1.75. The van der Waals surface area contributed by atoms with Gasteiger partial charge in [0.2, 0.25) is 0 Å². The number of hydrogen-bond acceptors (Lipinski definition) is 22. The maximum absolute atomic E-state index is 4.58. The Morgan fingerprint density at radius 3 is 0.835 bits per heavy atom. The third-order valence-electron chi connectivity index (χ3n) is 7.36. The number of fused-ring (bicyclic) bond motifs is 1. The second-order valence-electron chi connectivity index (χ2n) is 13.2. The molecule has 24 nitrogen and oxygen atoms in total. The van der Waals surface area contributed by atoms with Crippen molar-refractivity contribution in [3.8, 4) is 0 Å². The lowest BCUT2D eigenvalue weighted by atomic mass is 10.3. The van der Waals surface area contributed by atoms with Gasteiger partial charge in [0.1, 0.15) is 25.3 Å². The largest absolute Gasteiger partial charge is 0.473 e. The highest BCUT2D eigenvalue weighted by atomic mass is 32.1. The molecule has 0 saturated carbocycles. The molecule has 0 aliphatic carbocycles. The molecular weight excluding hydrogens is 1640 g/mol. The van der Waals surface area contributed by atoms with E-state index in [1.807, 2.05) is 339 Å². The number of thiophene rings is 1. The van der Waals surface area contributed by atoms with Gasteiger partial charge in [-0.1, -0.05) is 348 Å².